The van der Waals surface area contributed by atoms with Gasteiger partial charge in [0.25, 0.3) is 0 Å². The van der Waals surface area contributed by atoms with E-state index in [1.54, 1.807) is 0 Å². The maximum absolute atomic E-state index is 12.0. The Morgan fingerprint density at radius 3 is 2.53 bits per heavy atom. The molecule has 0 aromatic carbocycles. The van der Waals surface area contributed by atoms with Gasteiger partial charge < -0.3 is 11.1 Å². The molecule has 1 amide bonds. The van der Waals surface area contributed by atoms with Crippen molar-refractivity contribution in [1.29, 1.82) is 0 Å². The fourth-order valence-electron chi connectivity index (χ4n) is 3.26. The van der Waals surface area contributed by atoms with Crippen molar-refractivity contribution in [3.8, 4) is 0 Å². The fraction of sp³-hybridized carbons (Fsp3) is 0.933. The molecule has 1 heterocycles. The Balaban J connectivity index is 1.66. The molecule has 2 rings (SSSR count). The molecule has 4 nitrogen and oxygen atoms in total. The van der Waals surface area contributed by atoms with E-state index in [0.29, 0.717) is 18.0 Å². The van der Waals surface area contributed by atoms with Gasteiger partial charge in [0.1, 0.15) is 0 Å². The molecule has 0 unspecified atom stereocenters. The summed E-state index contributed by atoms with van der Waals surface area (Å²) < 4.78 is 0. The molecule has 1 saturated carbocycles. The number of nitrogens with one attached hydrogen (secondary N) is 1. The highest BCUT2D eigenvalue weighted by atomic mass is 16.2. The zero-order chi connectivity index (χ0) is 13.7. The van der Waals surface area contributed by atoms with Crippen molar-refractivity contribution in [3.63, 3.8) is 0 Å². The number of nitrogens with two attached hydrogens (primary N) is 1. The highest BCUT2D eigenvalue weighted by molar-refractivity contribution is 5.78. The van der Waals surface area contributed by atoms with Crippen LogP contribution in [0.1, 0.15) is 51.9 Å². The molecule has 2 fully saturated rings. The maximum atomic E-state index is 12.0. The number of piperidine rings is 1. The predicted octanol–water partition coefficient (Wildman–Crippen LogP) is 1.50. The minimum Gasteiger partial charge on any atom is -0.354 e. The van der Waals surface area contributed by atoms with E-state index < -0.39 is 0 Å². The zero-order valence-corrected chi connectivity index (χ0v) is 12.3. The van der Waals surface area contributed by atoms with Gasteiger partial charge in [-0.1, -0.05) is 26.2 Å². The third-order valence-electron chi connectivity index (χ3n) is 4.77. The molecule has 1 aliphatic carbocycles. The Labute approximate surface area is 117 Å². The molecule has 0 radical (unpaired) electrons. The van der Waals surface area contributed by atoms with Gasteiger partial charge in [0.2, 0.25) is 5.91 Å². The Bertz CT molecular complexity index is 292. The number of hydrogen-bond donors (Lipinski definition) is 2. The lowest BCUT2D eigenvalue weighted by Gasteiger charge is -2.34. The van der Waals surface area contributed by atoms with Gasteiger partial charge in [-0.15, -0.1) is 0 Å². The van der Waals surface area contributed by atoms with Crippen molar-refractivity contribution in [3.05, 3.63) is 0 Å². The van der Waals surface area contributed by atoms with Gasteiger partial charge in [0, 0.05) is 25.7 Å². The van der Waals surface area contributed by atoms with E-state index in [4.69, 9.17) is 5.73 Å². The molecule has 0 bridgehead atoms. The first kappa shape index (κ1) is 14.8. The fourth-order valence-corrected chi connectivity index (χ4v) is 3.26. The zero-order valence-electron chi connectivity index (χ0n) is 12.3. The average Bonchev–Trinajstić information content (AvgIpc) is 2.40. The minimum absolute atomic E-state index is 0.183. The molecule has 1 saturated heterocycles. The monoisotopic (exact) mass is 267 g/mol. The van der Waals surface area contributed by atoms with E-state index in [1.807, 2.05) is 0 Å². The van der Waals surface area contributed by atoms with Gasteiger partial charge >= 0.3 is 0 Å². The number of likely N-dealkylation sites (tertiary alicyclic amines) is 1. The van der Waals surface area contributed by atoms with Crippen molar-refractivity contribution in [2.45, 2.75) is 57.9 Å². The summed E-state index contributed by atoms with van der Waals surface area (Å²) in [5.41, 5.74) is 6.21. The first-order chi connectivity index (χ1) is 9.07. The van der Waals surface area contributed by atoms with Crippen molar-refractivity contribution < 1.29 is 4.79 Å². The van der Waals surface area contributed by atoms with Gasteiger partial charge in [-0.3, -0.25) is 9.69 Å². The van der Waals surface area contributed by atoms with Crippen molar-refractivity contribution in [1.82, 2.24) is 10.2 Å². The average molecular weight is 267 g/mol. The second-order valence-electron chi connectivity index (χ2n) is 6.76. The molecule has 4 heteroatoms. The lowest BCUT2D eigenvalue weighted by atomic mass is 9.76. The second kappa shape index (κ2) is 6.71. The molecule has 0 spiro atoms. The molecular weight excluding hydrogens is 238 g/mol. The SMILES string of the molecule is CC1(CNC(=O)CN2CCC(N)CC2)CCCCC1. The topological polar surface area (TPSA) is 58.4 Å². The predicted molar refractivity (Wildman–Crippen MR) is 77.9 cm³/mol. The number of carbonyl (C=O) groups is 1. The van der Waals surface area contributed by atoms with Crippen LogP contribution in [0.4, 0.5) is 0 Å². The van der Waals surface area contributed by atoms with Gasteiger partial charge in [0.05, 0.1) is 6.54 Å². The Hall–Kier alpha value is -0.610. The van der Waals surface area contributed by atoms with Crippen molar-refractivity contribution in [2.24, 2.45) is 11.1 Å². The van der Waals surface area contributed by atoms with E-state index in [2.05, 4.69) is 17.1 Å². The Morgan fingerprint density at radius 2 is 1.89 bits per heavy atom. The summed E-state index contributed by atoms with van der Waals surface area (Å²) in [5, 5.41) is 3.14. The van der Waals surface area contributed by atoms with Crippen LogP contribution in [0, 0.1) is 5.41 Å². The van der Waals surface area contributed by atoms with Crippen molar-refractivity contribution in [2.75, 3.05) is 26.2 Å². The summed E-state index contributed by atoms with van der Waals surface area (Å²) in [4.78, 5) is 14.2. The minimum atomic E-state index is 0.183. The highest BCUT2D eigenvalue weighted by Crippen LogP contribution is 2.34. The van der Waals surface area contributed by atoms with Crippen LogP contribution >= 0.6 is 0 Å². The molecule has 2 aliphatic rings. The summed E-state index contributed by atoms with van der Waals surface area (Å²) in [7, 11) is 0. The third kappa shape index (κ3) is 4.77. The Morgan fingerprint density at radius 1 is 1.26 bits per heavy atom. The summed E-state index contributed by atoms with van der Waals surface area (Å²) in [6.45, 7) is 5.63. The standard InChI is InChI=1S/C15H29N3O/c1-15(7-3-2-4-8-15)12-17-14(19)11-18-9-5-13(16)6-10-18/h13H,2-12,16H2,1H3,(H,17,19). The lowest BCUT2D eigenvalue weighted by Crippen LogP contribution is -2.46. The first-order valence-electron chi connectivity index (χ1n) is 7.82. The normalized spacial score (nSPS) is 25.2. The summed E-state index contributed by atoms with van der Waals surface area (Å²) in [6.07, 6.45) is 8.54. The van der Waals surface area contributed by atoms with Gasteiger partial charge in [-0.25, -0.2) is 0 Å². The molecule has 0 aromatic rings. The summed E-state index contributed by atoms with van der Waals surface area (Å²) in [6, 6.07) is 0.334. The van der Waals surface area contributed by atoms with Gasteiger partial charge in [-0.05, 0) is 31.1 Å². The molecule has 110 valence electrons. The molecule has 19 heavy (non-hydrogen) atoms. The molecular formula is C15H29N3O. The van der Waals surface area contributed by atoms with Crippen LogP contribution in [-0.2, 0) is 4.79 Å². The van der Waals surface area contributed by atoms with Gasteiger partial charge in [-0.2, -0.15) is 0 Å². The molecule has 1 aliphatic heterocycles. The summed E-state index contributed by atoms with van der Waals surface area (Å²) in [5.74, 6) is 0.183. The first-order valence-corrected chi connectivity index (χ1v) is 7.82. The largest absolute Gasteiger partial charge is 0.354 e. The Kier molecular flexibility index (Phi) is 5.22. The van der Waals surface area contributed by atoms with Crippen LogP contribution in [0.5, 0.6) is 0 Å². The number of rotatable bonds is 4. The highest BCUT2D eigenvalue weighted by Gasteiger charge is 2.27. The van der Waals surface area contributed by atoms with E-state index >= 15 is 0 Å². The quantitative estimate of drug-likeness (QED) is 0.811. The smallest absolute Gasteiger partial charge is 0.234 e. The second-order valence-corrected chi connectivity index (χ2v) is 6.76. The van der Waals surface area contributed by atoms with E-state index in [0.717, 1.165) is 32.5 Å². The molecule has 0 atom stereocenters. The number of amides is 1. The van der Waals surface area contributed by atoms with E-state index in [-0.39, 0.29) is 5.91 Å². The summed E-state index contributed by atoms with van der Waals surface area (Å²) >= 11 is 0. The number of hydrogen-bond acceptors (Lipinski definition) is 3. The number of nitrogens with zero attached hydrogens (tertiary/aromatic N) is 1. The van der Waals surface area contributed by atoms with Crippen LogP contribution in [0.3, 0.4) is 0 Å². The van der Waals surface area contributed by atoms with Crippen LogP contribution in [0.25, 0.3) is 0 Å². The van der Waals surface area contributed by atoms with Crippen LogP contribution in [-0.4, -0.2) is 43.0 Å². The maximum Gasteiger partial charge on any atom is 0.234 e. The van der Waals surface area contributed by atoms with E-state index in [1.165, 1.54) is 32.1 Å². The van der Waals surface area contributed by atoms with Gasteiger partial charge in [0.15, 0.2) is 0 Å². The van der Waals surface area contributed by atoms with Crippen LogP contribution < -0.4 is 11.1 Å². The number of carbonyl (C=O) groups excluding carboxylic acids is 1. The lowest BCUT2D eigenvalue weighted by molar-refractivity contribution is -0.123. The van der Waals surface area contributed by atoms with Crippen molar-refractivity contribution >= 4 is 5.91 Å². The third-order valence-corrected chi connectivity index (χ3v) is 4.77. The molecule has 3 N–H and O–H groups in total. The van der Waals surface area contributed by atoms with Crippen LogP contribution in [0.15, 0.2) is 0 Å². The molecule has 0 aromatic heterocycles. The van der Waals surface area contributed by atoms with Crippen LogP contribution in [0.2, 0.25) is 0 Å². The van der Waals surface area contributed by atoms with E-state index in [9.17, 15) is 4.79 Å².